The largest absolute Gasteiger partial charge is 0.493 e. The standard InChI is InChI=1S/C22H27NO8S/c1-13(2)30-21(24)15-9-16(22(25)31-14(3)4)11-17(10-15)23-32(26,27)18-7-8-19(28-5)20(12-18)29-6/h7-14,23H,1-6H3. The van der Waals surface area contributed by atoms with Crippen LogP contribution in [-0.4, -0.2) is 46.8 Å². The van der Waals surface area contributed by atoms with Crippen molar-refractivity contribution in [1.82, 2.24) is 0 Å². The van der Waals surface area contributed by atoms with Crippen LogP contribution in [0.15, 0.2) is 41.3 Å². The number of methoxy groups -OCH3 is 2. The predicted octanol–water partition coefficient (Wildman–Crippen LogP) is 3.64. The highest BCUT2D eigenvalue weighted by Gasteiger charge is 2.21. The van der Waals surface area contributed by atoms with E-state index in [9.17, 15) is 18.0 Å². The molecule has 0 aromatic heterocycles. The van der Waals surface area contributed by atoms with Crippen molar-refractivity contribution in [1.29, 1.82) is 0 Å². The number of carbonyl (C=O) groups excluding carboxylic acids is 2. The minimum Gasteiger partial charge on any atom is -0.493 e. The zero-order valence-electron chi connectivity index (χ0n) is 18.8. The van der Waals surface area contributed by atoms with Crippen LogP contribution in [0, 0.1) is 0 Å². The summed E-state index contributed by atoms with van der Waals surface area (Å²) in [4.78, 5) is 24.7. The highest BCUT2D eigenvalue weighted by molar-refractivity contribution is 7.92. The Labute approximate surface area is 187 Å². The number of nitrogens with one attached hydrogen (secondary N) is 1. The highest BCUT2D eigenvalue weighted by atomic mass is 32.2. The lowest BCUT2D eigenvalue weighted by atomic mass is 10.1. The van der Waals surface area contributed by atoms with Crippen LogP contribution >= 0.6 is 0 Å². The number of carbonyl (C=O) groups is 2. The number of hydrogen-bond acceptors (Lipinski definition) is 8. The van der Waals surface area contributed by atoms with Gasteiger partial charge in [-0.05, 0) is 58.0 Å². The summed E-state index contributed by atoms with van der Waals surface area (Å²) in [5.41, 5.74) is -0.00228. The molecule has 0 aliphatic heterocycles. The van der Waals surface area contributed by atoms with Gasteiger partial charge in [0.15, 0.2) is 11.5 Å². The second-order valence-electron chi connectivity index (χ2n) is 7.33. The molecule has 0 aliphatic rings. The molecule has 0 atom stereocenters. The fourth-order valence-corrected chi connectivity index (χ4v) is 3.74. The molecule has 0 unspecified atom stereocenters. The summed E-state index contributed by atoms with van der Waals surface area (Å²) in [6.45, 7) is 6.70. The Morgan fingerprint density at radius 1 is 0.781 bits per heavy atom. The first-order valence-electron chi connectivity index (χ1n) is 9.78. The quantitative estimate of drug-likeness (QED) is 0.558. The zero-order valence-corrected chi connectivity index (χ0v) is 19.6. The van der Waals surface area contributed by atoms with Gasteiger partial charge in [0, 0.05) is 6.07 Å². The van der Waals surface area contributed by atoms with Crippen LogP contribution in [0.2, 0.25) is 0 Å². The van der Waals surface area contributed by atoms with Crippen LogP contribution in [0.4, 0.5) is 5.69 Å². The van der Waals surface area contributed by atoms with Crippen molar-refractivity contribution >= 4 is 27.6 Å². The van der Waals surface area contributed by atoms with E-state index >= 15 is 0 Å². The zero-order chi connectivity index (χ0) is 24.1. The molecule has 0 radical (unpaired) electrons. The molecule has 0 bridgehead atoms. The van der Waals surface area contributed by atoms with Crippen LogP contribution in [0.3, 0.4) is 0 Å². The second-order valence-corrected chi connectivity index (χ2v) is 9.01. The molecule has 0 saturated heterocycles. The Hall–Kier alpha value is -3.27. The van der Waals surface area contributed by atoms with Gasteiger partial charge < -0.3 is 18.9 Å². The molecule has 0 saturated carbocycles. The summed E-state index contributed by atoms with van der Waals surface area (Å²) in [7, 11) is -1.27. The lowest BCUT2D eigenvalue weighted by Gasteiger charge is -2.15. The summed E-state index contributed by atoms with van der Waals surface area (Å²) >= 11 is 0. The van der Waals surface area contributed by atoms with Gasteiger partial charge in [-0.3, -0.25) is 4.72 Å². The number of sulfonamides is 1. The molecule has 0 heterocycles. The number of hydrogen-bond donors (Lipinski definition) is 1. The van der Waals surface area contributed by atoms with E-state index < -0.39 is 34.2 Å². The fraction of sp³-hybridized carbons (Fsp3) is 0.364. The number of rotatable bonds is 9. The minimum absolute atomic E-state index is 0.00178. The maximum atomic E-state index is 12.9. The van der Waals surface area contributed by atoms with Crippen molar-refractivity contribution in [2.24, 2.45) is 0 Å². The van der Waals surface area contributed by atoms with Crippen LogP contribution in [0.5, 0.6) is 11.5 Å². The van der Waals surface area contributed by atoms with E-state index in [-0.39, 0.29) is 27.5 Å². The molecule has 0 amide bonds. The van der Waals surface area contributed by atoms with Crippen LogP contribution in [0.25, 0.3) is 0 Å². The van der Waals surface area contributed by atoms with Gasteiger partial charge in [-0.2, -0.15) is 0 Å². The molecule has 32 heavy (non-hydrogen) atoms. The van der Waals surface area contributed by atoms with Crippen LogP contribution in [0.1, 0.15) is 48.4 Å². The molecule has 174 valence electrons. The van der Waals surface area contributed by atoms with Crippen molar-refractivity contribution in [2.75, 3.05) is 18.9 Å². The molecule has 2 aromatic carbocycles. The molecule has 10 heteroatoms. The fourth-order valence-electron chi connectivity index (χ4n) is 2.68. The third-order valence-corrected chi connectivity index (χ3v) is 5.39. The van der Waals surface area contributed by atoms with E-state index in [0.717, 1.165) is 0 Å². The molecular weight excluding hydrogens is 438 g/mol. The maximum Gasteiger partial charge on any atom is 0.338 e. The molecule has 0 aliphatic carbocycles. The van der Waals surface area contributed by atoms with Gasteiger partial charge in [-0.1, -0.05) is 0 Å². The van der Waals surface area contributed by atoms with E-state index in [1.807, 2.05) is 0 Å². The van der Waals surface area contributed by atoms with Gasteiger partial charge in [0.25, 0.3) is 10.0 Å². The average Bonchev–Trinajstić information content (AvgIpc) is 2.71. The van der Waals surface area contributed by atoms with Gasteiger partial charge in [-0.25, -0.2) is 18.0 Å². The molecule has 0 spiro atoms. The smallest absolute Gasteiger partial charge is 0.338 e. The lowest BCUT2D eigenvalue weighted by molar-refractivity contribution is 0.0377. The normalized spacial score (nSPS) is 11.2. The van der Waals surface area contributed by atoms with Crippen molar-refractivity contribution in [3.8, 4) is 11.5 Å². The molecule has 2 aromatic rings. The maximum absolute atomic E-state index is 12.9. The molecular formula is C22H27NO8S. The van der Waals surface area contributed by atoms with Gasteiger partial charge in [0.05, 0.1) is 48.1 Å². The number of esters is 2. The number of anilines is 1. The molecule has 0 fully saturated rings. The molecule has 9 nitrogen and oxygen atoms in total. The third-order valence-electron chi connectivity index (χ3n) is 4.01. The van der Waals surface area contributed by atoms with Crippen molar-refractivity contribution in [3.63, 3.8) is 0 Å². The van der Waals surface area contributed by atoms with Gasteiger partial charge >= 0.3 is 11.9 Å². The third kappa shape index (κ3) is 6.36. The molecule has 1 N–H and O–H groups in total. The van der Waals surface area contributed by atoms with E-state index in [4.69, 9.17) is 18.9 Å². The number of ether oxygens (including phenoxy) is 4. The Morgan fingerprint density at radius 3 is 1.72 bits per heavy atom. The molecule has 2 rings (SSSR count). The first kappa shape index (κ1) is 25.0. The SMILES string of the molecule is COc1ccc(S(=O)(=O)Nc2cc(C(=O)OC(C)C)cc(C(=O)OC(C)C)c2)cc1OC. The van der Waals surface area contributed by atoms with Gasteiger partial charge in [0.1, 0.15) is 0 Å². The summed E-state index contributed by atoms with van der Waals surface area (Å²) in [5, 5.41) is 0. The van der Waals surface area contributed by atoms with Gasteiger partial charge in [-0.15, -0.1) is 0 Å². The van der Waals surface area contributed by atoms with E-state index in [2.05, 4.69) is 4.72 Å². The highest BCUT2D eigenvalue weighted by Crippen LogP contribution is 2.30. The first-order chi connectivity index (χ1) is 15.0. The lowest BCUT2D eigenvalue weighted by Crippen LogP contribution is -2.17. The number of benzene rings is 2. The first-order valence-corrected chi connectivity index (χ1v) is 11.3. The monoisotopic (exact) mass is 465 g/mol. The van der Waals surface area contributed by atoms with E-state index in [1.165, 1.54) is 50.6 Å². The topological polar surface area (TPSA) is 117 Å². The van der Waals surface area contributed by atoms with Crippen molar-refractivity contribution in [3.05, 3.63) is 47.5 Å². The average molecular weight is 466 g/mol. The summed E-state index contributed by atoms with van der Waals surface area (Å²) in [6, 6.07) is 7.96. The summed E-state index contributed by atoms with van der Waals surface area (Å²) in [5.74, 6) is -0.814. The second kappa shape index (κ2) is 10.4. The Balaban J connectivity index is 2.48. The van der Waals surface area contributed by atoms with E-state index in [0.29, 0.717) is 5.75 Å². The predicted molar refractivity (Wildman–Crippen MR) is 118 cm³/mol. The van der Waals surface area contributed by atoms with Gasteiger partial charge in [0.2, 0.25) is 0 Å². The van der Waals surface area contributed by atoms with Crippen LogP contribution in [-0.2, 0) is 19.5 Å². The van der Waals surface area contributed by atoms with Crippen LogP contribution < -0.4 is 14.2 Å². The Morgan fingerprint density at radius 2 is 1.28 bits per heavy atom. The Bertz CT molecular complexity index is 1050. The minimum atomic E-state index is -4.09. The summed E-state index contributed by atoms with van der Waals surface area (Å²) < 4.78 is 48.9. The van der Waals surface area contributed by atoms with Crippen molar-refractivity contribution in [2.45, 2.75) is 44.8 Å². The Kier molecular flexibility index (Phi) is 8.09. The van der Waals surface area contributed by atoms with E-state index in [1.54, 1.807) is 27.7 Å². The van der Waals surface area contributed by atoms with Crippen molar-refractivity contribution < 1.29 is 37.0 Å². The summed E-state index contributed by atoms with van der Waals surface area (Å²) in [6.07, 6.45) is -0.804.